The monoisotopic (exact) mass is 530 g/mol. The summed E-state index contributed by atoms with van der Waals surface area (Å²) in [5.41, 5.74) is 16.9. The van der Waals surface area contributed by atoms with E-state index in [0.29, 0.717) is 27.8 Å². The third-order valence-corrected chi connectivity index (χ3v) is 6.27. The van der Waals surface area contributed by atoms with Crippen LogP contribution >= 0.6 is 11.6 Å². The number of nitrogens with zero attached hydrogens (tertiary/aromatic N) is 2. The van der Waals surface area contributed by atoms with Crippen molar-refractivity contribution in [3.8, 4) is 0 Å². The van der Waals surface area contributed by atoms with Gasteiger partial charge in [-0.2, -0.15) is 0 Å². The average Bonchev–Trinajstić information content (AvgIpc) is 2.94. The van der Waals surface area contributed by atoms with Gasteiger partial charge < -0.3 is 31.7 Å². The lowest BCUT2D eigenvalue weighted by Crippen LogP contribution is -2.36. The Labute approximate surface area is 227 Å². The van der Waals surface area contributed by atoms with E-state index in [0.717, 1.165) is 37.6 Å². The van der Waals surface area contributed by atoms with Crippen LogP contribution in [0.3, 0.4) is 0 Å². The summed E-state index contributed by atoms with van der Waals surface area (Å²) in [6.07, 6.45) is 3.28. The standard InChI is InChI=1S/C29H31ClN6O2/c1-20(34-24-10-12-26(13-11-24)36-16-18-38-19-17-36)33-15-14-27(31)21-4-8-25(9-5-21)35-29(37)28(32)22-2-6-23(30)7-3-22/h2-15,28,34H,1,16-19,31-32H2,(H,35,37)/b27-14-,33-15?. The minimum absolute atomic E-state index is 0.322. The molecular weight excluding hydrogens is 500 g/mol. The molecule has 196 valence electrons. The molecule has 1 heterocycles. The molecule has 0 aliphatic carbocycles. The molecule has 0 bridgehead atoms. The van der Waals surface area contributed by atoms with Crippen LogP contribution in [-0.4, -0.2) is 38.4 Å². The summed E-state index contributed by atoms with van der Waals surface area (Å²) < 4.78 is 5.41. The van der Waals surface area contributed by atoms with Gasteiger partial charge in [0.1, 0.15) is 11.9 Å². The van der Waals surface area contributed by atoms with Gasteiger partial charge in [0.2, 0.25) is 5.91 Å². The van der Waals surface area contributed by atoms with Crippen molar-refractivity contribution in [3.05, 3.63) is 107 Å². The van der Waals surface area contributed by atoms with Crippen LogP contribution in [0.15, 0.2) is 96.3 Å². The largest absolute Gasteiger partial charge is 0.398 e. The lowest BCUT2D eigenvalue weighted by molar-refractivity contribution is -0.117. The summed E-state index contributed by atoms with van der Waals surface area (Å²) in [6, 6.07) is 21.3. The maximum atomic E-state index is 12.5. The molecule has 1 saturated heterocycles. The number of rotatable bonds is 9. The van der Waals surface area contributed by atoms with E-state index in [1.165, 1.54) is 5.69 Å². The number of carbonyl (C=O) groups excluding carboxylic acids is 1. The number of allylic oxidation sites excluding steroid dienone is 1. The molecule has 1 fully saturated rings. The van der Waals surface area contributed by atoms with E-state index >= 15 is 0 Å². The highest BCUT2D eigenvalue weighted by Gasteiger charge is 2.16. The summed E-state index contributed by atoms with van der Waals surface area (Å²) in [6.45, 7) is 7.25. The van der Waals surface area contributed by atoms with Crippen LogP contribution < -0.4 is 27.0 Å². The van der Waals surface area contributed by atoms with Gasteiger partial charge in [0.15, 0.2) is 0 Å². The number of hydrogen-bond acceptors (Lipinski definition) is 7. The molecule has 0 aromatic heterocycles. The highest BCUT2D eigenvalue weighted by Crippen LogP contribution is 2.21. The molecule has 9 heteroatoms. The minimum atomic E-state index is -0.808. The van der Waals surface area contributed by atoms with E-state index in [-0.39, 0.29) is 5.91 Å². The zero-order valence-corrected chi connectivity index (χ0v) is 21.7. The first-order valence-electron chi connectivity index (χ1n) is 12.2. The van der Waals surface area contributed by atoms with E-state index < -0.39 is 6.04 Å². The predicted octanol–water partition coefficient (Wildman–Crippen LogP) is 4.77. The molecule has 1 unspecified atom stereocenters. The van der Waals surface area contributed by atoms with Crippen LogP contribution in [0.25, 0.3) is 5.70 Å². The smallest absolute Gasteiger partial charge is 0.245 e. The van der Waals surface area contributed by atoms with Gasteiger partial charge in [0.25, 0.3) is 0 Å². The van der Waals surface area contributed by atoms with Crippen LogP contribution in [0, 0.1) is 0 Å². The Balaban J connectivity index is 1.27. The fraction of sp³-hybridized carbons (Fsp3) is 0.172. The first-order chi connectivity index (χ1) is 18.4. The average molecular weight is 531 g/mol. The van der Waals surface area contributed by atoms with Gasteiger partial charge in [-0.05, 0) is 65.7 Å². The second kappa shape index (κ2) is 12.9. The number of anilines is 3. The summed E-state index contributed by atoms with van der Waals surface area (Å²) >= 11 is 5.90. The SMILES string of the molecule is C=C(N=C/C=C(\N)c1ccc(NC(=O)C(N)c2ccc(Cl)cc2)cc1)Nc1ccc(N2CCOCC2)cc1. The molecule has 1 aliphatic heterocycles. The molecule has 3 aromatic carbocycles. The maximum absolute atomic E-state index is 12.5. The second-order valence-electron chi connectivity index (χ2n) is 8.71. The molecule has 0 spiro atoms. The molecule has 4 rings (SSSR count). The van der Waals surface area contributed by atoms with Crippen LogP contribution in [0.5, 0.6) is 0 Å². The third-order valence-electron chi connectivity index (χ3n) is 6.01. The molecule has 1 aliphatic rings. The van der Waals surface area contributed by atoms with Crippen molar-refractivity contribution >= 4 is 46.5 Å². The summed E-state index contributed by atoms with van der Waals surface area (Å²) in [5, 5.41) is 6.57. The van der Waals surface area contributed by atoms with Crippen LogP contribution in [0.1, 0.15) is 17.2 Å². The molecule has 0 saturated carbocycles. The molecule has 1 atom stereocenters. The Kier molecular flexibility index (Phi) is 9.16. The van der Waals surface area contributed by atoms with Crippen LogP contribution in [0.4, 0.5) is 17.1 Å². The zero-order chi connectivity index (χ0) is 26.9. The van der Waals surface area contributed by atoms with Crippen molar-refractivity contribution < 1.29 is 9.53 Å². The van der Waals surface area contributed by atoms with Crippen molar-refractivity contribution in [1.29, 1.82) is 0 Å². The molecule has 6 N–H and O–H groups in total. The molecule has 1 amide bonds. The van der Waals surface area contributed by atoms with Crippen molar-refractivity contribution in [3.63, 3.8) is 0 Å². The zero-order valence-electron chi connectivity index (χ0n) is 20.9. The summed E-state index contributed by atoms with van der Waals surface area (Å²) in [4.78, 5) is 19.1. The van der Waals surface area contributed by atoms with E-state index in [4.69, 9.17) is 27.8 Å². The molecule has 3 aromatic rings. The molecule has 8 nitrogen and oxygen atoms in total. The van der Waals surface area contributed by atoms with Gasteiger partial charge in [-0.25, -0.2) is 4.99 Å². The van der Waals surface area contributed by atoms with Gasteiger partial charge in [-0.3, -0.25) is 4.79 Å². The summed E-state index contributed by atoms with van der Waals surface area (Å²) in [5.74, 6) is 0.167. The van der Waals surface area contributed by atoms with Crippen molar-refractivity contribution in [1.82, 2.24) is 0 Å². The Morgan fingerprint density at radius 3 is 2.24 bits per heavy atom. The van der Waals surface area contributed by atoms with Crippen LogP contribution in [0.2, 0.25) is 5.02 Å². The number of carbonyl (C=O) groups is 1. The Morgan fingerprint density at radius 1 is 0.974 bits per heavy atom. The predicted molar refractivity (Wildman–Crippen MR) is 156 cm³/mol. The lowest BCUT2D eigenvalue weighted by Gasteiger charge is -2.28. The number of nitrogens with one attached hydrogen (secondary N) is 2. The number of benzene rings is 3. The first kappa shape index (κ1) is 26.9. The number of hydrogen-bond donors (Lipinski definition) is 4. The Bertz CT molecular complexity index is 1300. The van der Waals surface area contributed by atoms with Gasteiger partial charge in [0, 0.05) is 47.1 Å². The second-order valence-corrected chi connectivity index (χ2v) is 9.15. The first-order valence-corrected chi connectivity index (χ1v) is 12.6. The molecule has 38 heavy (non-hydrogen) atoms. The number of nitrogens with two attached hydrogens (primary N) is 2. The lowest BCUT2D eigenvalue weighted by atomic mass is 10.1. The van der Waals surface area contributed by atoms with E-state index in [1.54, 1.807) is 48.7 Å². The van der Waals surface area contributed by atoms with Crippen molar-refractivity contribution in [2.45, 2.75) is 6.04 Å². The normalized spacial score (nSPS) is 14.8. The summed E-state index contributed by atoms with van der Waals surface area (Å²) in [7, 11) is 0. The minimum Gasteiger partial charge on any atom is -0.398 e. The van der Waals surface area contributed by atoms with Crippen molar-refractivity contribution in [2.24, 2.45) is 16.5 Å². The fourth-order valence-electron chi connectivity index (χ4n) is 3.87. The topological polar surface area (TPSA) is 118 Å². The van der Waals surface area contributed by atoms with E-state index in [1.807, 2.05) is 24.3 Å². The van der Waals surface area contributed by atoms with E-state index in [9.17, 15) is 4.79 Å². The Morgan fingerprint density at radius 2 is 1.58 bits per heavy atom. The highest BCUT2D eigenvalue weighted by atomic mass is 35.5. The molecule has 0 radical (unpaired) electrons. The number of aliphatic imine (C=N–C) groups is 1. The van der Waals surface area contributed by atoms with E-state index in [2.05, 4.69) is 39.2 Å². The van der Waals surface area contributed by atoms with Crippen molar-refractivity contribution in [2.75, 3.05) is 41.8 Å². The molecular formula is C29H31ClN6O2. The fourth-order valence-corrected chi connectivity index (χ4v) is 3.99. The highest BCUT2D eigenvalue weighted by molar-refractivity contribution is 6.30. The maximum Gasteiger partial charge on any atom is 0.245 e. The van der Waals surface area contributed by atoms with Gasteiger partial charge >= 0.3 is 0 Å². The number of amides is 1. The van der Waals surface area contributed by atoms with Gasteiger partial charge in [-0.15, -0.1) is 0 Å². The number of halogens is 1. The van der Waals surface area contributed by atoms with Gasteiger partial charge in [0.05, 0.1) is 13.2 Å². The Hall–Kier alpha value is -4.11. The quantitative estimate of drug-likeness (QED) is 0.296. The third kappa shape index (κ3) is 7.45. The number of morpholine rings is 1. The van der Waals surface area contributed by atoms with Crippen LogP contribution in [-0.2, 0) is 9.53 Å². The van der Waals surface area contributed by atoms with Gasteiger partial charge in [-0.1, -0.05) is 42.4 Å². The number of ether oxygens (including phenoxy) is 1.